The molecule has 6 rings (SSSR count). The number of aromatic nitrogens is 3. The second-order valence-electron chi connectivity index (χ2n) is 12.8. The van der Waals surface area contributed by atoms with Crippen molar-refractivity contribution in [3.8, 4) is 0 Å². The number of nitrogens with zero attached hydrogens (tertiary/aromatic N) is 2. The second-order valence-corrected chi connectivity index (χ2v) is 18.1. The van der Waals surface area contributed by atoms with Gasteiger partial charge in [0, 0.05) is 5.92 Å². The molecule has 0 spiro atoms. The monoisotopic (exact) mass is 670 g/mol. The van der Waals surface area contributed by atoms with Gasteiger partial charge in [-0.25, -0.2) is 4.79 Å². The van der Waals surface area contributed by atoms with E-state index in [4.69, 9.17) is 19.6 Å². The van der Waals surface area contributed by atoms with Gasteiger partial charge in [-0.2, -0.15) is 4.98 Å². The lowest BCUT2D eigenvalue weighted by molar-refractivity contribution is -0.0499. The van der Waals surface area contributed by atoms with Crippen LogP contribution in [0.15, 0.2) is 101 Å². The summed E-state index contributed by atoms with van der Waals surface area (Å²) >= 11 is 0.776. The molecule has 2 aromatic heterocycles. The Hall–Kier alpha value is -4.36. The first kappa shape index (κ1) is 32.6. The Morgan fingerprint density at radius 1 is 1.02 bits per heavy atom. The quantitative estimate of drug-likeness (QED) is 0.173. The van der Waals surface area contributed by atoms with Gasteiger partial charge in [-0.1, -0.05) is 111 Å². The molecule has 3 N–H and O–H groups in total. The molecule has 0 bridgehead atoms. The number of ether oxygens (including phenoxy) is 2. The lowest BCUT2D eigenvalue weighted by Crippen LogP contribution is -2.67. The molecular weight excluding hydrogens is 633 g/mol. The Balaban J connectivity index is 1.37. The van der Waals surface area contributed by atoms with Crippen molar-refractivity contribution in [3.05, 3.63) is 117 Å². The van der Waals surface area contributed by atoms with E-state index in [1.165, 1.54) is 4.57 Å². The largest absolute Gasteiger partial charge is 0.459 e. The third kappa shape index (κ3) is 6.21. The van der Waals surface area contributed by atoms with Crippen LogP contribution in [0.5, 0.6) is 0 Å². The molecule has 12 heteroatoms. The number of rotatable bonds is 9. The number of thiazole rings is 1. The van der Waals surface area contributed by atoms with Crippen molar-refractivity contribution in [1.29, 1.82) is 0 Å². The van der Waals surface area contributed by atoms with Crippen LogP contribution in [0.2, 0.25) is 5.04 Å². The van der Waals surface area contributed by atoms with E-state index in [9.17, 15) is 14.4 Å². The van der Waals surface area contributed by atoms with Crippen LogP contribution >= 0.6 is 11.3 Å². The molecule has 47 heavy (non-hydrogen) atoms. The zero-order valence-corrected chi connectivity index (χ0v) is 28.5. The van der Waals surface area contributed by atoms with Gasteiger partial charge in [0.25, 0.3) is 13.9 Å². The molecular formula is C35H38N4O6SSi. The van der Waals surface area contributed by atoms with E-state index in [1.54, 1.807) is 31.2 Å². The maximum Gasteiger partial charge on any atom is 0.338 e. The second kappa shape index (κ2) is 13.0. The number of esters is 1. The van der Waals surface area contributed by atoms with Gasteiger partial charge >= 0.3 is 10.8 Å². The highest BCUT2D eigenvalue weighted by atomic mass is 32.1. The number of fused-ring (bicyclic) bond motifs is 1. The van der Waals surface area contributed by atoms with E-state index in [0.29, 0.717) is 12.0 Å². The summed E-state index contributed by atoms with van der Waals surface area (Å²) in [6.45, 7) is 8.64. The maximum atomic E-state index is 13.5. The van der Waals surface area contributed by atoms with Crippen LogP contribution in [0.4, 0.5) is 5.95 Å². The first-order valence-corrected chi connectivity index (χ1v) is 18.3. The summed E-state index contributed by atoms with van der Waals surface area (Å²) in [5, 5.41) is 2.01. The predicted molar refractivity (Wildman–Crippen MR) is 186 cm³/mol. The average molecular weight is 671 g/mol. The highest BCUT2D eigenvalue weighted by molar-refractivity contribution is 7.16. The number of anilines is 1. The van der Waals surface area contributed by atoms with Gasteiger partial charge in [0.2, 0.25) is 5.95 Å². The SMILES string of the molecule is CC(OC(=O)c1ccccc1)C1C[C@@H](CO[Si](c2ccccc2)(c2ccccc2)C(C)(C)C)OC1n1c(=O)sc2c(=O)[nH]c(N)nc21. The minimum Gasteiger partial charge on any atom is -0.459 e. The fourth-order valence-electron chi connectivity index (χ4n) is 6.60. The summed E-state index contributed by atoms with van der Waals surface area (Å²) in [5.74, 6) is -1.06. The van der Waals surface area contributed by atoms with Crippen LogP contribution in [-0.4, -0.2) is 47.6 Å². The summed E-state index contributed by atoms with van der Waals surface area (Å²) in [4.78, 5) is 45.6. The molecule has 4 atom stereocenters. The highest BCUT2D eigenvalue weighted by Crippen LogP contribution is 2.41. The van der Waals surface area contributed by atoms with Crippen molar-refractivity contribution in [3.63, 3.8) is 0 Å². The van der Waals surface area contributed by atoms with Crippen molar-refractivity contribution in [2.45, 2.75) is 57.6 Å². The van der Waals surface area contributed by atoms with Gasteiger partial charge < -0.3 is 19.6 Å². The number of carbonyl (C=O) groups excluding carboxylic acids is 1. The van der Waals surface area contributed by atoms with Crippen LogP contribution in [0.25, 0.3) is 10.3 Å². The molecule has 0 saturated carbocycles. The van der Waals surface area contributed by atoms with Crippen LogP contribution in [0, 0.1) is 5.92 Å². The van der Waals surface area contributed by atoms with Gasteiger partial charge in [0.05, 0.1) is 18.3 Å². The average Bonchev–Trinajstić information content (AvgIpc) is 3.62. The normalized spacial score (nSPS) is 19.1. The molecule has 3 unspecified atom stereocenters. The Kier molecular flexibility index (Phi) is 9.03. The standard InChI is InChI=1S/C35H38N4O6SSi/c1-22(44-32(41)23-14-8-5-9-15-23)27-20-24(45-31(27)39-29-28(46-34(39)42)30(40)38-33(36)37-29)21-43-47(35(2,3)4,25-16-10-6-11-17-25)26-18-12-7-13-19-26/h5-19,22,24,27,31H,20-21H2,1-4H3,(H3,36,37,38,40)/t22?,24-,27?,31?/m0/s1. The number of nitrogens with two attached hydrogens (primary N) is 1. The van der Waals surface area contributed by atoms with E-state index in [0.717, 1.165) is 21.7 Å². The molecule has 244 valence electrons. The molecule has 1 aliphatic rings. The van der Waals surface area contributed by atoms with E-state index < -0.39 is 49.1 Å². The third-order valence-corrected chi connectivity index (χ3v) is 14.7. The molecule has 0 aliphatic carbocycles. The summed E-state index contributed by atoms with van der Waals surface area (Å²) in [6.07, 6.45) is -1.59. The molecule has 1 aliphatic heterocycles. The van der Waals surface area contributed by atoms with Crippen LogP contribution in [0.1, 0.15) is 50.7 Å². The van der Waals surface area contributed by atoms with Gasteiger partial charge in [0.15, 0.2) is 5.65 Å². The van der Waals surface area contributed by atoms with Crippen LogP contribution < -0.4 is 26.5 Å². The fourth-order valence-corrected chi connectivity index (χ4v) is 12.0. The van der Waals surface area contributed by atoms with E-state index in [2.05, 4.69) is 55.0 Å². The summed E-state index contributed by atoms with van der Waals surface area (Å²) in [6, 6.07) is 29.4. The Bertz CT molecular complexity index is 1930. The molecule has 1 fully saturated rings. The lowest BCUT2D eigenvalue weighted by atomic mass is 9.97. The number of hydrogen-bond acceptors (Lipinski definition) is 9. The number of aromatic amines is 1. The Morgan fingerprint density at radius 2 is 1.60 bits per heavy atom. The van der Waals surface area contributed by atoms with Crippen molar-refractivity contribution in [2.24, 2.45) is 5.92 Å². The number of H-pyrrole nitrogens is 1. The predicted octanol–water partition coefficient (Wildman–Crippen LogP) is 4.45. The van der Waals surface area contributed by atoms with E-state index in [-0.39, 0.29) is 27.9 Å². The molecule has 5 aromatic rings. The first-order chi connectivity index (χ1) is 22.5. The van der Waals surface area contributed by atoms with Crippen molar-refractivity contribution < 1.29 is 18.7 Å². The highest BCUT2D eigenvalue weighted by Gasteiger charge is 2.51. The Morgan fingerprint density at radius 3 is 2.17 bits per heavy atom. The molecule has 0 radical (unpaired) electrons. The number of hydrogen-bond donors (Lipinski definition) is 2. The van der Waals surface area contributed by atoms with E-state index >= 15 is 0 Å². The Labute approximate surface area is 277 Å². The summed E-state index contributed by atoms with van der Waals surface area (Å²) in [5.41, 5.74) is 5.94. The fraction of sp³-hybridized carbons (Fsp3) is 0.314. The number of carbonyl (C=O) groups is 1. The van der Waals surface area contributed by atoms with Gasteiger partial charge in [0.1, 0.15) is 17.0 Å². The molecule has 0 amide bonds. The molecule has 3 heterocycles. The van der Waals surface area contributed by atoms with Crippen molar-refractivity contribution in [1.82, 2.24) is 14.5 Å². The molecule has 1 saturated heterocycles. The first-order valence-electron chi connectivity index (χ1n) is 15.6. The molecule has 10 nitrogen and oxygen atoms in total. The summed E-state index contributed by atoms with van der Waals surface area (Å²) in [7, 11) is -2.90. The van der Waals surface area contributed by atoms with Crippen LogP contribution in [-0.2, 0) is 13.9 Å². The minimum atomic E-state index is -2.90. The number of nitrogen functional groups attached to an aromatic ring is 1. The zero-order chi connectivity index (χ0) is 33.3. The number of nitrogens with one attached hydrogen (secondary N) is 1. The van der Waals surface area contributed by atoms with Crippen molar-refractivity contribution in [2.75, 3.05) is 12.3 Å². The minimum absolute atomic E-state index is 0.112. The van der Waals surface area contributed by atoms with Gasteiger partial charge in [-0.05, 0) is 40.9 Å². The maximum absolute atomic E-state index is 13.5. The van der Waals surface area contributed by atoms with Gasteiger partial charge in [-0.15, -0.1) is 0 Å². The third-order valence-electron chi connectivity index (χ3n) is 8.79. The van der Waals surface area contributed by atoms with Crippen LogP contribution in [0.3, 0.4) is 0 Å². The number of benzene rings is 3. The zero-order valence-electron chi connectivity index (χ0n) is 26.7. The lowest BCUT2D eigenvalue weighted by Gasteiger charge is -2.43. The van der Waals surface area contributed by atoms with E-state index in [1.807, 2.05) is 42.5 Å². The van der Waals surface area contributed by atoms with Gasteiger partial charge in [-0.3, -0.25) is 19.1 Å². The summed E-state index contributed by atoms with van der Waals surface area (Å²) < 4.78 is 21.3. The van der Waals surface area contributed by atoms with Crippen molar-refractivity contribution >= 4 is 52.3 Å². The smallest absolute Gasteiger partial charge is 0.338 e. The topological polar surface area (TPSA) is 139 Å². The molecule has 3 aromatic carbocycles.